The van der Waals surface area contributed by atoms with E-state index in [1.54, 1.807) is 12.1 Å². The van der Waals surface area contributed by atoms with Crippen molar-refractivity contribution >= 4 is 11.8 Å². The Balaban J connectivity index is 1.21. The maximum Gasteiger partial charge on any atom is 0.267 e. The van der Waals surface area contributed by atoms with E-state index in [1.807, 2.05) is 4.90 Å². The van der Waals surface area contributed by atoms with Crippen LogP contribution in [-0.2, 0) is 4.79 Å². The number of pyridine rings is 1. The summed E-state index contributed by atoms with van der Waals surface area (Å²) in [6.07, 6.45) is 12.1. The molecule has 5 fully saturated rings. The Bertz CT molecular complexity index is 773. The Labute approximate surface area is 172 Å². The van der Waals surface area contributed by atoms with Crippen LogP contribution in [0.2, 0.25) is 0 Å². The lowest BCUT2D eigenvalue weighted by atomic mass is 9.49. The molecule has 2 N–H and O–H groups in total. The van der Waals surface area contributed by atoms with Gasteiger partial charge in [0, 0.05) is 25.2 Å². The van der Waals surface area contributed by atoms with Gasteiger partial charge in [-0.05, 0) is 80.6 Å². The van der Waals surface area contributed by atoms with Gasteiger partial charge in [-0.15, -0.1) is 0 Å². The number of aromatic nitrogens is 1. The van der Waals surface area contributed by atoms with Crippen molar-refractivity contribution in [3.05, 3.63) is 24.0 Å². The molecule has 1 atom stereocenters. The Morgan fingerprint density at radius 1 is 1.17 bits per heavy atom. The quantitative estimate of drug-likeness (QED) is 0.827. The first kappa shape index (κ1) is 18.9. The van der Waals surface area contributed by atoms with Crippen molar-refractivity contribution in [3.63, 3.8) is 0 Å². The Kier molecular flexibility index (Phi) is 4.75. The summed E-state index contributed by atoms with van der Waals surface area (Å²) in [6.45, 7) is 1.45. The number of piperidine rings is 1. The van der Waals surface area contributed by atoms with Gasteiger partial charge in [0.1, 0.15) is 17.5 Å². The minimum atomic E-state index is -0.563. The van der Waals surface area contributed by atoms with Gasteiger partial charge >= 0.3 is 0 Å². The van der Waals surface area contributed by atoms with E-state index < -0.39 is 5.91 Å². The van der Waals surface area contributed by atoms with E-state index in [1.165, 1.54) is 44.7 Å². The van der Waals surface area contributed by atoms with Gasteiger partial charge in [-0.1, -0.05) is 0 Å². The van der Waals surface area contributed by atoms with E-state index in [2.05, 4.69) is 4.98 Å². The fraction of sp³-hybridized carbons (Fsp3) is 0.696. The van der Waals surface area contributed by atoms with Gasteiger partial charge in [0.05, 0.1) is 6.54 Å². The molecule has 5 aliphatic rings. The van der Waals surface area contributed by atoms with Crippen molar-refractivity contribution in [3.8, 4) is 5.75 Å². The monoisotopic (exact) mass is 397 g/mol. The number of ether oxygens (including phenoxy) is 1. The highest BCUT2D eigenvalue weighted by Crippen LogP contribution is 2.61. The van der Waals surface area contributed by atoms with Gasteiger partial charge in [-0.3, -0.25) is 14.6 Å². The average molecular weight is 398 g/mol. The van der Waals surface area contributed by atoms with Gasteiger partial charge in [-0.2, -0.15) is 0 Å². The number of hydrogen-bond acceptors (Lipinski definition) is 4. The highest BCUT2D eigenvalue weighted by Gasteiger charge is 2.51. The van der Waals surface area contributed by atoms with Gasteiger partial charge in [0.2, 0.25) is 5.91 Å². The molecule has 6 heteroatoms. The van der Waals surface area contributed by atoms with Gasteiger partial charge in [0.25, 0.3) is 5.91 Å². The van der Waals surface area contributed by atoms with E-state index in [4.69, 9.17) is 10.5 Å². The number of rotatable bonds is 5. The zero-order valence-corrected chi connectivity index (χ0v) is 17.0. The molecule has 0 spiro atoms. The van der Waals surface area contributed by atoms with Crippen LogP contribution < -0.4 is 10.5 Å². The van der Waals surface area contributed by atoms with Crippen LogP contribution in [0.3, 0.4) is 0 Å². The molecule has 2 amide bonds. The van der Waals surface area contributed by atoms with Crippen LogP contribution in [0, 0.1) is 23.2 Å². The molecule has 0 aromatic carbocycles. The minimum absolute atomic E-state index is 0.0489. The van der Waals surface area contributed by atoms with Crippen molar-refractivity contribution in [2.45, 2.75) is 63.9 Å². The number of amides is 2. The lowest BCUT2D eigenvalue weighted by Gasteiger charge is -2.57. The van der Waals surface area contributed by atoms with Crippen LogP contribution in [-0.4, -0.2) is 40.9 Å². The van der Waals surface area contributed by atoms with Crippen molar-refractivity contribution in [1.82, 2.24) is 9.88 Å². The molecule has 29 heavy (non-hydrogen) atoms. The smallest absolute Gasteiger partial charge is 0.267 e. The first-order valence-electron chi connectivity index (χ1n) is 11.2. The average Bonchev–Trinajstić information content (AvgIpc) is 2.67. The summed E-state index contributed by atoms with van der Waals surface area (Å²) < 4.78 is 6.08. The third kappa shape index (κ3) is 3.86. The summed E-state index contributed by atoms with van der Waals surface area (Å²) in [6, 6.07) is 3.32. The largest absolute Gasteiger partial charge is 0.488 e. The molecule has 156 valence electrons. The molecule has 6 rings (SSSR count). The zero-order valence-electron chi connectivity index (χ0n) is 17.0. The van der Waals surface area contributed by atoms with Crippen LogP contribution in [0.15, 0.2) is 18.3 Å². The number of carbonyl (C=O) groups is 2. The second-order valence-electron chi connectivity index (χ2n) is 10.1. The SMILES string of the molecule is NC(=O)c1cc(OC2CCCN(C(=O)CC34CC5CC(CC(C5)C3)C4)C2)ccn1. The van der Waals surface area contributed by atoms with Crippen LogP contribution >= 0.6 is 0 Å². The summed E-state index contributed by atoms with van der Waals surface area (Å²) >= 11 is 0. The fourth-order valence-corrected chi connectivity index (χ4v) is 7.01. The summed E-state index contributed by atoms with van der Waals surface area (Å²) in [4.78, 5) is 30.5. The molecule has 1 aromatic heterocycles. The molecule has 1 saturated heterocycles. The van der Waals surface area contributed by atoms with E-state index in [0.29, 0.717) is 18.2 Å². The predicted octanol–water partition coefficient (Wildman–Crippen LogP) is 3.16. The second kappa shape index (κ2) is 7.29. The van der Waals surface area contributed by atoms with Crippen LogP contribution in [0.4, 0.5) is 0 Å². The topological polar surface area (TPSA) is 85.5 Å². The summed E-state index contributed by atoms with van der Waals surface area (Å²) in [5.41, 5.74) is 5.79. The molecule has 2 heterocycles. The first-order chi connectivity index (χ1) is 14.0. The summed E-state index contributed by atoms with van der Waals surface area (Å²) in [5.74, 6) is 2.96. The number of primary amides is 1. The molecular weight excluding hydrogens is 366 g/mol. The predicted molar refractivity (Wildman–Crippen MR) is 108 cm³/mol. The molecule has 4 bridgehead atoms. The van der Waals surface area contributed by atoms with Crippen LogP contribution in [0.1, 0.15) is 68.3 Å². The number of nitrogens with zero attached hydrogens (tertiary/aromatic N) is 2. The number of hydrogen-bond donors (Lipinski definition) is 1. The van der Waals surface area contributed by atoms with Crippen molar-refractivity contribution in [2.75, 3.05) is 13.1 Å². The Morgan fingerprint density at radius 2 is 1.86 bits per heavy atom. The van der Waals surface area contributed by atoms with Gasteiger partial charge in [-0.25, -0.2) is 0 Å². The third-order valence-corrected chi connectivity index (χ3v) is 7.71. The molecule has 1 aromatic rings. The highest BCUT2D eigenvalue weighted by atomic mass is 16.5. The molecular formula is C23H31N3O3. The van der Waals surface area contributed by atoms with Crippen LogP contribution in [0.5, 0.6) is 5.75 Å². The molecule has 1 unspecified atom stereocenters. The second-order valence-corrected chi connectivity index (χ2v) is 10.1. The lowest BCUT2D eigenvalue weighted by Crippen LogP contribution is -2.50. The Morgan fingerprint density at radius 3 is 2.52 bits per heavy atom. The van der Waals surface area contributed by atoms with E-state index in [-0.39, 0.29) is 17.2 Å². The van der Waals surface area contributed by atoms with Crippen molar-refractivity contribution < 1.29 is 14.3 Å². The van der Waals surface area contributed by atoms with Gasteiger partial charge in [0.15, 0.2) is 0 Å². The third-order valence-electron chi connectivity index (χ3n) is 7.71. The number of nitrogens with two attached hydrogens (primary N) is 1. The maximum atomic E-state index is 13.2. The normalized spacial score (nSPS) is 35.5. The molecule has 0 radical (unpaired) electrons. The zero-order chi connectivity index (χ0) is 20.0. The number of likely N-dealkylation sites (tertiary alicyclic amines) is 1. The molecule has 4 aliphatic carbocycles. The van der Waals surface area contributed by atoms with E-state index in [9.17, 15) is 9.59 Å². The standard InChI is InChI=1S/C23H31N3O3/c24-22(28)20-9-18(3-4-25-20)29-19-2-1-5-26(14-19)21(27)13-23-10-15-6-16(11-23)8-17(7-15)12-23/h3-4,9,15-17,19H,1-2,5-8,10-14H2,(H2,24,28). The molecule has 6 nitrogen and oxygen atoms in total. The van der Waals surface area contributed by atoms with E-state index >= 15 is 0 Å². The van der Waals surface area contributed by atoms with E-state index in [0.717, 1.165) is 43.6 Å². The first-order valence-corrected chi connectivity index (χ1v) is 11.2. The van der Waals surface area contributed by atoms with Crippen LogP contribution in [0.25, 0.3) is 0 Å². The highest BCUT2D eigenvalue weighted by molar-refractivity contribution is 5.91. The van der Waals surface area contributed by atoms with Crippen molar-refractivity contribution in [1.29, 1.82) is 0 Å². The number of carbonyl (C=O) groups excluding carboxylic acids is 2. The Hall–Kier alpha value is -2.11. The summed E-state index contributed by atoms with van der Waals surface area (Å²) in [7, 11) is 0. The maximum absolute atomic E-state index is 13.2. The summed E-state index contributed by atoms with van der Waals surface area (Å²) in [5, 5.41) is 0. The fourth-order valence-electron chi connectivity index (χ4n) is 7.01. The minimum Gasteiger partial charge on any atom is -0.488 e. The molecule has 1 aliphatic heterocycles. The lowest BCUT2D eigenvalue weighted by molar-refractivity contribution is -0.142. The van der Waals surface area contributed by atoms with Crippen molar-refractivity contribution in [2.24, 2.45) is 28.9 Å². The van der Waals surface area contributed by atoms with Gasteiger partial charge < -0.3 is 15.4 Å². The molecule has 4 saturated carbocycles.